The number of rotatable bonds is 11. The highest BCUT2D eigenvalue weighted by Crippen LogP contribution is 2.46. The van der Waals surface area contributed by atoms with Gasteiger partial charge in [-0.15, -0.1) is 20.4 Å². The number of tetrazole rings is 2. The van der Waals surface area contributed by atoms with Crippen LogP contribution in [0.4, 0.5) is 0 Å². The molecule has 0 atom stereocenters. The normalized spacial score (nSPS) is 11.4. The van der Waals surface area contributed by atoms with Crippen molar-refractivity contribution in [2.45, 2.75) is 64.7 Å². The predicted octanol–water partition coefficient (Wildman–Crippen LogP) is 8.11. The number of hydrogen-bond acceptors (Lipinski definition) is 10. The van der Waals surface area contributed by atoms with E-state index in [0.29, 0.717) is 24.7 Å². The third-order valence-corrected chi connectivity index (χ3v) is 11.5. The lowest BCUT2D eigenvalue weighted by Crippen LogP contribution is -2.05. The van der Waals surface area contributed by atoms with Gasteiger partial charge in [0.1, 0.15) is 10.1 Å². The van der Waals surface area contributed by atoms with Crippen LogP contribution in [0.1, 0.15) is 44.5 Å². The first kappa shape index (κ1) is 35.2. The Labute approximate surface area is 321 Å². The lowest BCUT2D eigenvalue weighted by Gasteiger charge is -2.15. The van der Waals surface area contributed by atoms with Crippen LogP contribution in [0.3, 0.4) is 0 Å². The van der Waals surface area contributed by atoms with Crippen molar-refractivity contribution in [3.8, 4) is 34.2 Å². The molecule has 4 aromatic carbocycles. The molecular formula is C40H38N12S2. The Hall–Kier alpha value is -5.86. The summed E-state index contributed by atoms with van der Waals surface area (Å²) in [4.78, 5) is 3.25. The minimum atomic E-state index is 0.493. The largest absolute Gasteiger partial charge is 0.225 e. The van der Waals surface area contributed by atoms with E-state index in [2.05, 4.69) is 135 Å². The molecule has 0 aliphatic rings. The molecular weight excluding hydrogens is 713 g/mol. The summed E-state index contributed by atoms with van der Waals surface area (Å²) in [5.74, 6) is 0.986. The summed E-state index contributed by atoms with van der Waals surface area (Å²) in [7, 11) is 3.11. The highest BCUT2D eigenvalue weighted by atomic mass is 33.1. The van der Waals surface area contributed by atoms with Crippen molar-refractivity contribution in [2.24, 2.45) is 0 Å². The van der Waals surface area contributed by atoms with Crippen molar-refractivity contribution in [3.63, 3.8) is 0 Å². The van der Waals surface area contributed by atoms with E-state index >= 15 is 0 Å². The van der Waals surface area contributed by atoms with E-state index < -0.39 is 0 Å². The molecule has 8 rings (SSSR count). The van der Waals surface area contributed by atoms with Gasteiger partial charge in [-0.1, -0.05) is 96.1 Å². The number of aryl methyl sites for hydroxylation is 6. The summed E-state index contributed by atoms with van der Waals surface area (Å²) in [6, 6.07) is 29.2. The first-order valence-corrected chi connectivity index (χ1v) is 19.7. The fraction of sp³-hybridized carbons (Fsp3) is 0.200. The molecule has 0 amide bonds. The Bertz CT molecular complexity index is 2390. The third kappa shape index (κ3) is 7.09. The Morgan fingerprint density at radius 1 is 0.500 bits per heavy atom. The van der Waals surface area contributed by atoms with Gasteiger partial charge < -0.3 is 0 Å². The molecule has 4 aromatic heterocycles. The maximum Gasteiger partial charge on any atom is 0.209 e. The summed E-state index contributed by atoms with van der Waals surface area (Å²) in [5.41, 5.74) is 12.5. The van der Waals surface area contributed by atoms with Gasteiger partial charge >= 0.3 is 0 Å². The summed E-state index contributed by atoms with van der Waals surface area (Å²) in [6.07, 6.45) is 3.65. The summed E-state index contributed by atoms with van der Waals surface area (Å²) in [6.45, 7) is 13.6. The van der Waals surface area contributed by atoms with Crippen molar-refractivity contribution in [1.82, 2.24) is 60.0 Å². The lowest BCUT2D eigenvalue weighted by atomic mass is 10.1. The average Bonchev–Trinajstić information content (AvgIpc) is 3.95. The van der Waals surface area contributed by atoms with Crippen LogP contribution in [0.5, 0.6) is 0 Å². The van der Waals surface area contributed by atoms with Crippen LogP contribution in [-0.2, 0) is 13.1 Å². The molecule has 0 saturated heterocycles. The number of hydrogen-bond donors (Lipinski definition) is 0. The zero-order valence-corrected chi connectivity index (χ0v) is 32.5. The molecule has 12 nitrogen and oxygen atoms in total. The Morgan fingerprint density at radius 3 is 1.28 bits per heavy atom. The highest BCUT2D eigenvalue weighted by Gasteiger charge is 2.26. The minimum Gasteiger partial charge on any atom is -0.225 e. The molecule has 0 fully saturated rings. The Kier molecular flexibility index (Phi) is 9.69. The minimum absolute atomic E-state index is 0.493. The van der Waals surface area contributed by atoms with Gasteiger partial charge in [-0.2, -0.15) is 19.8 Å². The van der Waals surface area contributed by atoms with Crippen molar-refractivity contribution in [3.05, 3.63) is 142 Å². The molecule has 0 radical (unpaired) electrons. The second-order valence-corrected chi connectivity index (χ2v) is 15.6. The molecule has 8 aromatic rings. The second kappa shape index (κ2) is 14.9. The third-order valence-electron chi connectivity index (χ3n) is 9.15. The fourth-order valence-electron chi connectivity index (χ4n) is 6.60. The molecule has 0 aliphatic carbocycles. The van der Waals surface area contributed by atoms with E-state index in [-0.39, 0.29) is 0 Å². The molecule has 14 heteroatoms. The summed E-state index contributed by atoms with van der Waals surface area (Å²) in [5, 5.41) is 39.1. The molecule has 0 bridgehead atoms. The highest BCUT2D eigenvalue weighted by molar-refractivity contribution is 8.76. The van der Waals surface area contributed by atoms with E-state index in [1.165, 1.54) is 11.1 Å². The van der Waals surface area contributed by atoms with Gasteiger partial charge in [-0.25, -0.2) is 9.36 Å². The van der Waals surface area contributed by atoms with Gasteiger partial charge in [0, 0.05) is 0 Å². The van der Waals surface area contributed by atoms with Crippen molar-refractivity contribution in [1.29, 1.82) is 0 Å². The molecule has 270 valence electrons. The quantitative estimate of drug-likeness (QED) is 0.120. The smallest absolute Gasteiger partial charge is 0.209 e. The van der Waals surface area contributed by atoms with Crippen LogP contribution in [0.2, 0.25) is 0 Å². The molecule has 0 spiro atoms. The van der Waals surface area contributed by atoms with Crippen LogP contribution in [0.25, 0.3) is 34.2 Å². The molecule has 0 saturated carbocycles. The maximum absolute atomic E-state index is 4.93. The predicted molar refractivity (Wildman–Crippen MR) is 212 cm³/mol. The molecule has 0 N–H and O–H groups in total. The fourth-order valence-corrected chi connectivity index (χ4v) is 9.08. The van der Waals surface area contributed by atoms with Crippen LogP contribution in [-0.4, -0.2) is 60.0 Å². The molecule has 4 heterocycles. The SMILES string of the molecule is Cc1cccc(Cn2nnc(-c3cnn(-c4c(C)cccc4C)c3SSc3c(-c4nnn(Cc5cccc(C)c5)n4)cnn3-c3c(C)cccc3C)n2)c1. The average molecular weight is 751 g/mol. The van der Waals surface area contributed by atoms with Gasteiger partial charge in [-0.3, -0.25) is 0 Å². The van der Waals surface area contributed by atoms with Gasteiger partial charge in [0.05, 0.1) is 48.0 Å². The number of para-hydroxylation sites is 2. The first-order chi connectivity index (χ1) is 26.2. The standard InChI is InChI=1S/C40H38N12S2/c1-25-11-7-17-31(19-25)23-49-45-37(43-47-49)33-21-41-51(35-27(3)13-9-14-28(35)4)39(33)53-54-40-34(22-42-52(40)36-29(5)15-10-16-30(36)6)38-44-48-50(46-38)24-32-18-8-12-26(2)20-32/h7-22H,23-24H2,1-6H3. The van der Waals surface area contributed by atoms with Crippen molar-refractivity contribution >= 4 is 21.6 Å². The molecule has 0 unspecified atom stereocenters. The van der Waals surface area contributed by atoms with E-state index in [0.717, 1.165) is 65.9 Å². The first-order valence-electron chi connectivity index (χ1n) is 17.5. The zero-order chi connectivity index (χ0) is 37.3. The van der Waals surface area contributed by atoms with E-state index in [9.17, 15) is 0 Å². The van der Waals surface area contributed by atoms with Crippen LogP contribution < -0.4 is 0 Å². The lowest BCUT2D eigenvalue weighted by molar-refractivity contribution is 0.572. The summed E-state index contributed by atoms with van der Waals surface area (Å²) >= 11 is 0. The van der Waals surface area contributed by atoms with E-state index in [1.54, 1.807) is 31.2 Å². The number of benzene rings is 4. The Morgan fingerprint density at radius 2 is 0.889 bits per heavy atom. The van der Waals surface area contributed by atoms with Crippen LogP contribution >= 0.6 is 21.6 Å². The second-order valence-electron chi connectivity index (χ2n) is 13.5. The summed E-state index contributed by atoms with van der Waals surface area (Å²) < 4.78 is 3.96. The Balaban J connectivity index is 1.20. The van der Waals surface area contributed by atoms with E-state index in [1.807, 2.05) is 33.9 Å². The number of nitrogens with zero attached hydrogens (tertiary/aromatic N) is 12. The van der Waals surface area contributed by atoms with Crippen LogP contribution in [0, 0.1) is 41.5 Å². The molecule has 54 heavy (non-hydrogen) atoms. The van der Waals surface area contributed by atoms with Gasteiger partial charge in [0.2, 0.25) is 11.6 Å². The zero-order valence-electron chi connectivity index (χ0n) is 30.8. The van der Waals surface area contributed by atoms with Gasteiger partial charge in [-0.05, 0) is 107 Å². The van der Waals surface area contributed by atoms with Gasteiger partial charge in [0.15, 0.2) is 0 Å². The maximum atomic E-state index is 4.93. The molecule has 0 aliphatic heterocycles. The van der Waals surface area contributed by atoms with Crippen molar-refractivity contribution < 1.29 is 0 Å². The number of aromatic nitrogens is 12. The van der Waals surface area contributed by atoms with Crippen LogP contribution in [0.15, 0.2) is 107 Å². The topological polar surface area (TPSA) is 123 Å². The van der Waals surface area contributed by atoms with Gasteiger partial charge in [0.25, 0.3) is 0 Å². The van der Waals surface area contributed by atoms with E-state index in [4.69, 9.17) is 20.4 Å². The van der Waals surface area contributed by atoms with Crippen molar-refractivity contribution in [2.75, 3.05) is 0 Å². The monoisotopic (exact) mass is 750 g/mol.